The first kappa shape index (κ1) is 19.4. The van der Waals surface area contributed by atoms with Gasteiger partial charge in [0.25, 0.3) is 0 Å². The molecule has 0 aliphatic heterocycles. The number of ether oxygens (including phenoxy) is 1. The minimum atomic E-state index is -1.23. The molecule has 3 rings (SSSR count). The molecule has 1 aromatic rings. The van der Waals surface area contributed by atoms with Crippen LogP contribution in [0.15, 0.2) is 12.1 Å². The van der Waals surface area contributed by atoms with Gasteiger partial charge in [-0.2, -0.15) is 8.78 Å². The van der Waals surface area contributed by atoms with Crippen LogP contribution in [0, 0.1) is 35.3 Å². The van der Waals surface area contributed by atoms with E-state index in [1.165, 1.54) is 57.4 Å². The molecule has 0 heterocycles. The van der Waals surface area contributed by atoms with Crippen LogP contribution in [0.3, 0.4) is 0 Å². The molecule has 4 heteroatoms. The third-order valence-corrected chi connectivity index (χ3v) is 6.65. The van der Waals surface area contributed by atoms with Crippen molar-refractivity contribution >= 4 is 0 Å². The Kier molecular flexibility index (Phi) is 6.77. The van der Waals surface area contributed by atoms with Crippen molar-refractivity contribution in [1.29, 1.82) is 0 Å². The van der Waals surface area contributed by atoms with Crippen LogP contribution in [0.5, 0.6) is 11.5 Å². The second-order valence-corrected chi connectivity index (χ2v) is 8.37. The van der Waals surface area contributed by atoms with E-state index in [1.54, 1.807) is 0 Å². The largest absolute Gasteiger partial charge is 0.505 e. The van der Waals surface area contributed by atoms with E-state index < -0.39 is 17.4 Å². The van der Waals surface area contributed by atoms with E-state index in [0.29, 0.717) is 12.5 Å². The highest BCUT2D eigenvalue weighted by atomic mass is 19.2. The molecule has 0 aromatic heterocycles. The first-order valence-corrected chi connectivity index (χ1v) is 10.4. The van der Waals surface area contributed by atoms with Crippen molar-refractivity contribution in [3.8, 4) is 11.5 Å². The van der Waals surface area contributed by atoms with Crippen LogP contribution in [0.1, 0.15) is 71.1 Å². The Balaban J connectivity index is 1.41. The Hall–Kier alpha value is -1.32. The number of hydrogen-bond acceptors (Lipinski definition) is 2. The van der Waals surface area contributed by atoms with Crippen LogP contribution in [0.25, 0.3) is 0 Å². The van der Waals surface area contributed by atoms with Gasteiger partial charge in [0, 0.05) is 0 Å². The molecular weight excluding hydrogens is 334 g/mol. The highest BCUT2D eigenvalue weighted by molar-refractivity contribution is 5.33. The van der Waals surface area contributed by atoms with Crippen LogP contribution in [0.4, 0.5) is 8.78 Å². The lowest BCUT2D eigenvalue weighted by Gasteiger charge is -2.37. The van der Waals surface area contributed by atoms with Gasteiger partial charge in [0.2, 0.25) is 11.6 Å². The maximum Gasteiger partial charge on any atom is 0.204 e. The van der Waals surface area contributed by atoms with Crippen LogP contribution in [-0.4, -0.2) is 11.7 Å². The Morgan fingerprint density at radius 1 is 0.885 bits per heavy atom. The minimum Gasteiger partial charge on any atom is -0.505 e. The Bertz CT molecular complexity index is 574. The van der Waals surface area contributed by atoms with Gasteiger partial charge in [0.05, 0.1) is 6.61 Å². The molecule has 26 heavy (non-hydrogen) atoms. The molecule has 1 aromatic carbocycles. The highest BCUT2D eigenvalue weighted by Gasteiger charge is 2.31. The fourth-order valence-electron chi connectivity index (χ4n) is 5.02. The van der Waals surface area contributed by atoms with Crippen molar-refractivity contribution in [2.75, 3.05) is 6.61 Å². The van der Waals surface area contributed by atoms with Crippen molar-refractivity contribution in [3.63, 3.8) is 0 Å². The molecular formula is C22H32F2O2. The Morgan fingerprint density at radius 2 is 1.46 bits per heavy atom. The molecule has 2 nitrogen and oxygen atoms in total. The second-order valence-electron chi connectivity index (χ2n) is 8.37. The van der Waals surface area contributed by atoms with Crippen LogP contribution in [0.2, 0.25) is 0 Å². The number of halogens is 2. The number of rotatable bonds is 6. The average Bonchev–Trinajstić information content (AvgIpc) is 2.67. The molecule has 146 valence electrons. The van der Waals surface area contributed by atoms with E-state index in [1.807, 2.05) is 0 Å². The maximum atomic E-state index is 13.7. The summed E-state index contributed by atoms with van der Waals surface area (Å²) in [4.78, 5) is 0. The summed E-state index contributed by atoms with van der Waals surface area (Å²) >= 11 is 0. The first-order valence-electron chi connectivity index (χ1n) is 10.4. The summed E-state index contributed by atoms with van der Waals surface area (Å²) < 4.78 is 32.6. The van der Waals surface area contributed by atoms with E-state index in [9.17, 15) is 13.9 Å². The predicted molar refractivity (Wildman–Crippen MR) is 99.3 cm³/mol. The fraction of sp³-hybridized carbons (Fsp3) is 0.727. The summed E-state index contributed by atoms with van der Waals surface area (Å²) in [6.07, 6.45) is 13.0. The number of hydrogen-bond donors (Lipinski definition) is 1. The SMILES string of the molecule is CCCC1CCC(C2CCC(COc3ccc(O)c(F)c3F)CC2)CC1. The zero-order chi connectivity index (χ0) is 18.5. The summed E-state index contributed by atoms with van der Waals surface area (Å²) in [5, 5.41) is 9.17. The van der Waals surface area contributed by atoms with Crippen molar-refractivity contribution in [2.45, 2.75) is 71.1 Å². The normalized spacial score (nSPS) is 29.5. The Morgan fingerprint density at radius 3 is 2.04 bits per heavy atom. The van der Waals surface area contributed by atoms with Gasteiger partial charge in [-0.25, -0.2) is 0 Å². The van der Waals surface area contributed by atoms with E-state index in [0.717, 1.165) is 36.7 Å². The average molecular weight is 366 g/mol. The molecule has 0 saturated heterocycles. The molecule has 0 amide bonds. The van der Waals surface area contributed by atoms with Crippen LogP contribution in [-0.2, 0) is 0 Å². The summed E-state index contributed by atoms with van der Waals surface area (Å²) in [6, 6.07) is 2.44. The van der Waals surface area contributed by atoms with E-state index in [4.69, 9.17) is 4.74 Å². The van der Waals surface area contributed by atoms with Gasteiger partial charge in [-0.3, -0.25) is 0 Å². The Labute approximate surface area is 155 Å². The first-order chi connectivity index (χ1) is 12.6. The zero-order valence-corrected chi connectivity index (χ0v) is 15.9. The number of benzene rings is 1. The quantitative estimate of drug-likeness (QED) is 0.626. The second kappa shape index (κ2) is 9.05. The van der Waals surface area contributed by atoms with Crippen LogP contribution >= 0.6 is 0 Å². The summed E-state index contributed by atoms with van der Waals surface area (Å²) in [5.41, 5.74) is 0. The van der Waals surface area contributed by atoms with E-state index >= 15 is 0 Å². The smallest absolute Gasteiger partial charge is 0.204 e. The molecule has 0 radical (unpaired) electrons. The number of phenols is 1. The van der Waals surface area contributed by atoms with E-state index in [2.05, 4.69) is 6.92 Å². The molecule has 2 fully saturated rings. The maximum absolute atomic E-state index is 13.7. The van der Waals surface area contributed by atoms with Crippen LogP contribution < -0.4 is 4.74 Å². The molecule has 0 unspecified atom stereocenters. The molecule has 0 bridgehead atoms. The van der Waals surface area contributed by atoms with Gasteiger partial charge < -0.3 is 9.84 Å². The molecule has 0 atom stereocenters. The van der Waals surface area contributed by atoms with Gasteiger partial charge >= 0.3 is 0 Å². The lowest BCUT2D eigenvalue weighted by Crippen LogP contribution is -2.27. The number of phenolic OH excluding ortho intramolecular Hbond substituents is 1. The molecule has 1 N–H and O–H groups in total. The van der Waals surface area contributed by atoms with Crippen molar-refractivity contribution < 1.29 is 18.6 Å². The van der Waals surface area contributed by atoms with Crippen molar-refractivity contribution in [2.24, 2.45) is 23.7 Å². The van der Waals surface area contributed by atoms with E-state index in [-0.39, 0.29) is 5.75 Å². The molecule has 2 saturated carbocycles. The van der Waals surface area contributed by atoms with Gasteiger partial charge in [-0.15, -0.1) is 0 Å². The molecule has 2 aliphatic carbocycles. The zero-order valence-electron chi connectivity index (χ0n) is 15.9. The van der Waals surface area contributed by atoms with Crippen molar-refractivity contribution in [3.05, 3.63) is 23.8 Å². The summed E-state index contributed by atoms with van der Waals surface area (Å²) in [6.45, 7) is 2.71. The van der Waals surface area contributed by atoms with Gasteiger partial charge in [0.15, 0.2) is 11.5 Å². The number of aromatic hydroxyl groups is 1. The molecule has 2 aliphatic rings. The lowest BCUT2D eigenvalue weighted by molar-refractivity contribution is 0.120. The monoisotopic (exact) mass is 366 g/mol. The van der Waals surface area contributed by atoms with Gasteiger partial charge in [-0.1, -0.05) is 32.6 Å². The van der Waals surface area contributed by atoms with Crippen molar-refractivity contribution in [1.82, 2.24) is 0 Å². The van der Waals surface area contributed by atoms with Gasteiger partial charge in [-0.05, 0) is 74.3 Å². The topological polar surface area (TPSA) is 29.5 Å². The standard InChI is InChI=1S/C22H32F2O2/c1-2-3-15-4-8-17(9-5-15)18-10-6-16(7-11-18)14-26-20-13-12-19(25)21(23)22(20)24/h12-13,15-18,25H,2-11,14H2,1H3. The third kappa shape index (κ3) is 4.69. The minimum absolute atomic E-state index is 0.100. The highest BCUT2D eigenvalue weighted by Crippen LogP contribution is 2.42. The summed E-state index contributed by atoms with van der Waals surface area (Å²) in [7, 11) is 0. The van der Waals surface area contributed by atoms with Gasteiger partial charge in [0.1, 0.15) is 0 Å². The summed E-state index contributed by atoms with van der Waals surface area (Å²) in [5.74, 6) is 0.0129. The predicted octanol–water partition coefficient (Wildman–Crippen LogP) is 6.46. The lowest BCUT2D eigenvalue weighted by atomic mass is 9.69. The third-order valence-electron chi connectivity index (χ3n) is 6.65. The fourth-order valence-corrected chi connectivity index (χ4v) is 5.02. The molecule has 0 spiro atoms.